The molecule has 0 N–H and O–H groups in total. The van der Waals surface area contributed by atoms with Crippen LogP contribution in [0.1, 0.15) is 22.3 Å². The fourth-order valence-corrected chi connectivity index (χ4v) is 4.63. The van der Waals surface area contributed by atoms with Crippen molar-refractivity contribution in [3.05, 3.63) is 105 Å². The van der Waals surface area contributed by atoms with Gasteiger partial charge >= 0.3 is 0 Å². The van der Waals surface area contributed by atoms with Crippen molar-refractivity contribution in [1.82, 2.24) is 0 Å². The van der Waals surface area contributed by atoms with Gasteiger partial charge in [-0.3, -0.25) is 9.59 Å². The third kappa shape index (κ3) is 4.16. The van der Waals surface area contributed by atoms with Crippen molar-refractivity contribution in [2.75, 3.05) is 4.90 Å². The summed E-state index contributed by atoms with van der Waals surface area (Å²) in [4.78, 5) is 28.2. The number of carbonyl (C=O) groups excluding carboxylic acids is 2. The standard InChI is InChI=1S/C25H19ClFNO2S/c1-15-8-9-18(12-16(15)2)22-23(31-14-17-6-4-3-5-7-17)25(30)28(24(22)29)19-10-11-21(27)20(26)13-19/h3-13H,14H2,1-2H3. The van der Waals surface area contributed by atoms with Gasteiger partial charge in [-0.15, -0.1) is 11.8 Å². The van der Waals surface area contributed by atoms with Gasteiger partial charge in [-0.2, -0.15) is 0 Å². The molecule has 1 aliphatic heterocycles. The van der Waals surface area contributed by atoms with Gasteiger partial charge in [0, 0.05) is 5.75 Å². The predicted molar refractivity (Wildman–Crippen MR) is 124 cm³/mol. The van der Waals surface area contributed by atoms with Crippen molar-refractivity contribution >= 4 is 46.4 Å². The van der Waals surface area contributed by atoms with Crippen LogP contribution < -0.4 is 4.90 Å². The molecule has 0 fully saturated rings. The molecule has 0 saturated carbocycles. The molecule has 0 unspecified atom stereocenters. The molecule has 156 valence electrons. The minimum Gasteiger partial charge on any atom is -0.268 e. The molecule has 31 heavy (non-hydrogen) atoms. The van der Waals surface area contributed by atoms with Gasteiger partial charge in [-0.25, -0.2) is 9.29 Å². The maximum Gasteiger partial charge on any atom is 0.272 e. The maximum absolute atomic E-state index is 13.7. The summed E-state index contributed by atoms with van der Waals surface area (Å²) < 4.78 is 13.7. The van der Waals surface area contributed by atoms with Crippen molar-refractivity contribution < 1.29 is 14.0 Å². The molecule has 0 saturated heterocycles. The van der Waals surface area contributed by atoms with Crippen molar-refractivity contribution in [2.45, 2.75) is 19.6 Å². The van der Waals surface area contributed by atoms with Crippen LogP contribution in [0.2, 0.25) is 5.02 Å². The van der Waals surface area contributed by atoms with E-state index in [1.165, 1.54) is 23.9 Å². The fraction of sp³-hybridized carbons (Fsp3) is 0.120. The van der Waals surface area contributed by atoms with Gasteiger partial charge < -0.3 is 0 Å². The summed E-state index contributed by atoms with van der Waals surface area (Å²) in [6.45, 7) is 3.96. The van der Waals surface area contributed by atoms with Crippen LogP contribution >= 0.6 is 23.4 Å². The second-order valence-electron chi connectivity index (χ2n) is 7.32. The summed E-state index contributed by atoms with van der Waals surface area (Å²) in [5.74, 6) is -0.930. The minimum atomic E-state index is -0.606. The van der Waals surface area contributed by atoms with Crippen LogP contribution in [0.25, 0.3) is 5.57 Å². The van der Waals surface area contributed by atoms with E-state index in [9.17, 15) is 14.0 Å². The van der Waals surface area contributed by atoms with E-state index in [0.29, 0.717) is 21.8 Å². The largest absolute Gasteiger partial charge is 0.272 e. The number of nitrogens with zero attached hydrogens (tertiary/aromatic N) is 1. The summed E-state index contributed by atoms with van der Waals surface area (Å²) in [7, 11) is 0. The van der Waals surface area contributed by atoms with Gasteiger partial charge in [0.1, 0.15) is 5.82 Å². The quantitative estimate of drug-likeness (QED) is 0.426. The summed E-state index contributed by atoms with van der Waals surface area (Å²) in [5.41, 5.74) is 4.46. The first-order valence-corrected chi connectivity index (χ1v) is 11.1. The summed E-state index contributed by atoms with van der Waals surface area (Å²) >= 11 is 7.24. The fourth-order valence-electron chi connectivity index (χ4n) is 3.38. The molecule has 0 spiro atoms. The van der Waals surface area contributed by atoms with Gasteiger partial charge in [-0.05, 0) is 54.3 Å². The number of hydrogen-bond donors (Lipinski definition) is 0. The Morgan fingerprint density at radius 3 is 2.32 bits per heavy atom. The normalized spacial score (nSPS) is 14.0. The number of amides is 2. The lowest BCUT2D eigenvalue weighted by Crippen LogP contribution is -2.31. The summed E-state index contributed by atoms with van der Waals surface area (Å²) in [6.07, 6.45) is 0. The Hall–Kier alpha value is -2.89. The van der Waals surface area contributed by atoms with Crippen molar-refractivity contribution in [3.8, 4) is 0 Å². The molecule has 4 rings (SSSR count). The van der Waals surface area contributed by atoms with E-state index < -0.39 is 17.6 Å². The lowest BCUT2D eigenvalue weighted by molar-refractivity contribution is -0.119. The van der Waals surface area contributed by atoms with Crippen LogP contribution in [0.3, 0.4) is 0 Å². The van der Waals surface area contributed by atoms with Gasteiger partial charge in [0.15, 0.2) is 0 Å². The lowest BCUT2D eigenvalue weighted by atomic mass is 10.0. The van der Waals surface area contributed by atoms with Crippen LogP contribution in [0.4, 0.5) is 10.1 Å². The highest BCUT2D eigenvalue weighted by molar-refractivity contribution is 8.03. The van der Waals surface area contributed by atoms with Crippen molar-refractivity contribution in [3.63, 3.8) is 0 Å². The summed E-state index contributed by atoms with van der Waals surface area (Å²) in [6, 6.07) is 19.3. The van der Waals surface area contributed by atoms with Gasteiger partial charge in [0.25, 0.3) is 11.8 Å². The van der Waals surface area contributed by atoms with Gasteiger partial charge in [-0.1, -0.05) is 60.1 Å². The second kappa shape index (κ2) is 8.69. The molecule has 3 aromatic carbocycles. The number of imide groups is 1. The van der Waals surface area contributed by atoms with Gasteiger partial charge in [0.2, 0.25) is 0 Å². The highest BCUT2D eigenvalue weighted by Crippen LogP contribution is 2.40. The SMILES string of the molecule is Cc1ccc(C2=C(SCc3ccccc3)C(=O)N(c3ccc(F)c(Cl)c3)C2=O)cc1C. The molecular formula is C25H19ClFNO2S. The number of halogens is 2. The van der Waals surface area contributed by atoms with Crippen LogP contribution in [0.5, 0.6) is 0 Å². The van der Waals surface area contributed by atoms with Crippen LogP contribution in [-0.4, -0.2) is 11.8 Å². The van der Waals surface area contributed by atoms with Crippen LogP contribution in [-0.2, 0) is 15.3 Å². The Morgan fingerprint density at radius 1 is 0.903 bits per heavy atom. The monoisotopic (exact) mass is 451 g/mol. The van der Waals surface area contributed by atoms with Crippen LogP contribution in [0, 0.1) is 19.7 Å². The summed E-state index contributed by atoms with van der Waals surface area (Å²) in [5, 5.41) is -0.142. The average molecular weight is 452 g/mol. The first-order valence-electron chi connectivity index (χ1n) is 9.69. The molecule has 0 atom stereocenters. The van der Waals surface area contributed by atoms with Crippen molar-refractivity contribution in [2.24, 2.45) is 0 Å². The molecule has 0 radical (unpaired) electrons. The first-order chi connectivity index (χ1) is 14.9. The molecule has 1 aliphatic rings. The maximum atomic E-state index is 13.7. The number of anilines is 1. The topological polar surface area (TPSA) is 37.4 Å². The molecule has 6 heteroatoms. The highest BCUT2D eigenvalue weighted by atomic mass is 35.5. The third-order valence-electron chi connectivity index (χ3n) is 5.22. The van der Waals surface area contributed by atoms with E-state index in [-0.39, 0.29) is 10.7 Å². The molecule has 2 amide bonds. The number of rotatable bonds is 5. The lowest BCUT2D eigenvalue weighted by Gasteiger charge is -2.16. The second-order valence-corrected chi connectivity index (χ2v) is 8.71. The third-order valence-corrected chi connectivity index (χ3v) is 6.66. The van der Waals surface area contributed by atoms with E-state index in [1.807, 2.05) is 62.4 Å². The number of hydrogen-bond acceptors (Lipinski definition) is 3. The Kier molecular flexibility index (Phi) is 5.99. The van der Waals surface area contributed by atoms with Crippen molar-refractivity contribution in [1.29, 1.82) is 0 Å². The number of aryl methyl sites for hydroxylation is 2. The zero-order valence-electron chi connectivity index (χ0n) is 17.0. The Morgan fingerprint density at radius 2 is 1.65 bits per heavy atom. The Bertz CT molecular complexity index is 1220. The number of thioether (sulfide) groups is 1. The molecule has 3 aromatic rings. The van der Waals surface area contributed by atoms with E-state index in [0.717, 1.165) is 27.7 Å². The highest BCUT2D eigenvalue weighted by Gasteiger charge is 2.40. The first kappa shape index (κ1) is 21.3. The smallest absolute Gasteiger partial charge is 0.268 e. The predicted octanol–water partition coefficient (Wildman–Crippen LogP) is 6.31. The van der Waals surface area contributed by atoms with Crippen LogP contribution in [0.15, 0.2) is 71.6 Å². The Balaban J connectivity index is 1.78. The molecule has 1 heterocycles. The Labute approximate surface area is 189 Å². The minimum absolute atomic E-state index is 0.142. The average Bonchev–Trinajstić information content (AvgIpc) is 3.01. The van der Waals surface area contributed by atoms with E-state index >= 15 is 0 Å². The van der Waals surface area contributed by atoms with E-state index in [2.05, 4.69) is 0 Å². The van der Waals surface area contributed by atoms with E-state index in [1.54, 1.807) is 0 Å². The van der Waals surface area contributed by atoms with Gasteiger partial charge in [0.05, 0.1) is 21.2 Å². The number of benzene rings is 3. The molecule has 0 aromatic heterocycles. The molecule has 3 nitrogen and oxygen atoms in total. The number of carbonyl (C=O) groups is 2. The van der Waals surface area contributed by atoms with E-state index in [4.69, 9.17) is 11.6 Å². The molecule has 0 bridgehead atoms. The molecule has 0 aliphatic carbocycles. The molecular weight excluding hydrogens is 433 g/mol. The zero-order chi connectivity index (χ0) is 22.1. The zero-order valence-corrected chi connectivity index (χ0v) is 18.6.